The molecule has 0 heterocycles. The first kappa shape index (κ1) is 22.7. The van der Waals surface area contributed by atoms with Crippen LogP contribution in [0.25, 0.3) is 22.9 Å². The van der Waals surface area contributed by atoms with Crippen molar-refractivity contribution < 1.29 is 19.1 Å². The summed E-state index contributed by atoms with van der Waals surface area (Å²) < 4.78 is 11.3. The molecule has 0 amide bonds. The van der Waals surface area contributed by atoms with Crippen LogP contribution in [0.3, 0.4) is 0 Å². The van der Waals surface area contributed by atoms with E-state index < -0.39 is 11.9 Å². The Hall–Kier alpha value is -4.44. The molecule has 0 saturated carbocycles. The molecule has 4 rings (SSSR count). The molecule has 0 radical (unpaired) electrons. The molecule has 0 unspecified atom stereocenters. The van der Waals surface area contributed by atoms with Gasteiger partial charge in [0.05, 0.1) is 11.1 Å². The Kier molecular flexibility index (Phi) is 6.99. The smallest absolute Gasteiger partial charge is 0.343 e. The molecule has 0 saturated heterocycles. The lowest BCUT2D eigenvalue weighted by Gasteiger charge is -2.10. The number of carbonyl (C=O) groups is 2. The Morgan fingerprint density at radius 2 is 1.03 bits per heavy atom. The molecule has 0 aromatic heterocycles. The quantitative estimate of drug-likeness (QED) is 0.229. The van der Waals surface area contributed by atoms with Gasteiger partial charge in [-0.1, -0.05) is 72.8 Å². The lowest BCUT2D eigenvalue weighted by atomic mass is 10.0. The lowest BCUT2D eigenvalue weighted by Crippen LogP contribution is -2.10. The molecule has 4 aromatic carbocycles. The third kappa shape index (κ3) is 5.13. The van der Waals surface area contributed by atoms with Gasteiger partial charge in [-0.25, -0.2) is 9.59 Å². The van der Waals surface area contributed by atoms with Crippen LogP contribution in [-0.4, -0.2) is 11.9 Å². The molecule has 0 fully saturated rings. The van der Waals surface area contributed by atoms with Crippen molar-refractivity contribution in [3.05, 3.63) is 119 Å². The third-order valence-electron chi connectivity index (χ3n) is 5.25. The average molecular weight is 449 g/mol. The van der Waals surface area contributed by atoms with E-state index in [9.17, 15) is 9.59 Å². The maximum Gasteiger partial charge on any atom is 0.343 e. The number of rotatable bonds is 6. The van der Waals surface area contributed by atoms with Crippen LogP contribution in [0.4, 0.5) is 0 Å². The molecule has 0 bridgehead atoms. The second-order valence-corrected chi connectivity index (χ2v) is 7.63. The summed E-state index contributed by atoms with van der Waals surface area (Å²) in [5.41, 5.74) is 2.43. The second-order valence-electron chi connectivity index (χ2n) is 7.63. The Bertz CT molecular complexity index is 1310. The molecule has 0 aliphatic carbocycles. The molecule has 0 N–H and O–H groups in total. The van der Waals surface area contributed by atoms with Gasteiger partial charge in [-0.2, -0.15) is 0 Å². The fourth-order valence-corrected chi connectivity index (χ4v) is 3.60. The predicted molar refractivity (Wildman–Crippen MR) is 136 cm³/mol. The first-order valence-corrected chi connectivity index (χ1v) is 11.0. The molecular weight excluding hydrogens is 424 g/mol. The van der Waals surface area contributed by atoms with Gasteiger partial charge in [0, 0.05) is 11.1 Å². The summed E-state index contributed by atoms with van der Waals surface area (Å²) in [4.78, 5) is 25.7. The zero-order valence-corrected chi connectivity index (χ0v) is 19.0. The Balaban J connectivity index is 1.59. The van der Waals surface area contributed by atoms with Gasteiger partial charge < -0.3 is 9.47 Å². The predicted octanol–water partition coefficient (Wildman–Crippen LogP) is 7.34. The van der Waals surface area contributed by atoms with Gasteiger partial charge in [0.15, 0.2) is 0 Å². The molecular formula is C30H24O4. The average Bonchev–Trinajstić information content (AvgIpc) is 2.86. The summed E-state index contributed by atoms with van der Waals surface area (Å²) in [5, 5.41) is 1.64. The lowest BCUT2D eigenvalue weighted by molar-refractivity contribution is 0.0725. The Labute approximate surface area is 198 Å². The van der Waals surface area contributed by atoms with E-state index in [2.05, 4.69) is 0 Å². The van der Waals surface area contributed by atoms with Crippen LogP contribution in [0.5, 0.6) is 11.5 Å². The highest BCUT2D eigenvalue weighted by Crippen LogP contribution is 2.25. The van der Waals surface area contributed by atoms with Crippen molar-refractivity contribution in [2.24, 2.45) is 0 Å². The summed E-state index contributed by atoms with van der Waals surface area (Å²) in [6.45, 7) is 3.81. The molecule has 34 heavy (non-hydrogen) atoms. The van der Waals surface area contributed by atoms with Gasteiger partial charge in [-0.05, 0) is 61.0 Å². The van der Waals surface area contributed by atoms with Gasteiger partial charge in [0.2, 0.25) is 0 Å². The monoisotopic (exact) mass is 448 g/mol. The number of hydrogen-bond donors (Lipinski definition) is 0. The second kappa shape index (κ2) is 10.5. The van der Waals surface area contributed by atoms with Crippen molar-refractivity contribution in [3.63, 3.8) is 0 Å². The highest BCUT2D eigenvalue weighted by Gasteiger charge is 2.14. The number of carbonyl (C=O) groups excluding carboxylic acids is 2. The van der Waals surface area contributed by atoms with Crippen LogP contribution >= 0.6 is 0 Å². The van der Waals surface area contributed by atoms with Crippen LogP contribution < -0.4 is 9.47 Å². The van der Waals surface area contributed by atoms with E-state index in [0.717, 1.165) is 21.9 Å². The maximum absolute atomic E-state index is 12.8. The molecule has 4 heteroatoms. The van der Waals surface area contributed by atoms with Gasteiger partial charge in [0.25, 0.3) is 0 Å². The van der Waals surface area contributed by atoms with E-state index in [0.29, 0.717) is 22.6 Å². The summed E-state index contributed by atoms with van der Waals surface area (Å²) in [7, 11) is 0. The summed E-state index contributed by atoms with van der Waals surface area (Å²) >= 11 is 0. The summed E-state index contributed by atoms with van der Waals surface area (Å²) in [5.74, 6) is 0.0462. The topological polar surface area (TPSA) is 52.6 Å². The van der Waals surface area contributed by atoms with Crippen molar-refractivity contribution in [2.75, 3.05) is 0 Å². The Morgan fingerprint density at radius 3 is 1.47 bits per heavy atom. The molecule has 0 aliphatic heterocycles. The number of esters is 2. The number of hydrogen-bond acceptors (Lipinski definition) is 4. The molecule has 4 aromatic rings. The minimum absolute atomic E-state index is 0.395. The summed E-state index contributed by atoms with van der Waals surface area (Å²) in [6, 6.07) is 25.3. The highest BCUT2D eigenvalue weighted by molar-refractivity contribution is 6.00. The number of ether oxygens (including phenoxy) is 2. The summed E-state index contributed by atoms with van der Waals surface area (Å²) in [6.07, 6.45) is 7.55. The van der Waals surface area contributed by atoms with Gasteiger partial charge in [-0.15, -0.1) is 0 Å². The molecule has 168 valence electrons. The zero-order chi connectivity index (χ0) is 23.9. The number of fused-ring (bicyclic) bond motifs is 1. The van der Waals surface area contributed by atoms with Crippen molar-refractivity contribution in [3.8, 4) is 11.5 Å². The van der Waals surface area contributed by atoms with Crippen LogP contribution in [0, 0.1) is 0 Å². The standard InChI is InChI=1S/C30H24O4/c1-3-9-22-11-5-7-13-27(22)33-29(31)24-17-15-21-16-18-25(20-26(21)19-24)30(32)34-28-14-8-6-12-23(28)10-4-2/h3-20H,1-2H3/b9-3-,10-4-. The maximum atomic E-state index is 12.8. The fraction of sp³-hybridized carbons (Fsp3) is 0.0667. The van der Waals surface area contributed by atoms with Crippen LogP contribution in [-0.2, 0) is 0 Å². The molecule has 0 spiro atoms. The SMILES string of the molecule is C/C=C\c1ccccc1OC(=O)c1ccc2ccc(C(=O)Oc3ccccc3/C=C\C)cc2c1. The van der Waals surface area contributed by atoms with Crippen LogP contribution in [0.15, 0.2) is 97.1 Å². The van der Waals surface area contributed by atoms with Crippen LogP contribution in [0.2, 0.25) is 0 Å². The third-order valence-corrected chi connectivity index (χ3v) is 5.25. The van der Waals surface area contributed by atoms with Gasteiger partial charge in [0.1, 0.15) is 11.5 Å². The first-order chi connectivity index (χ1) is 16.6. The molecule has 0 atom stereocenters. The van der Waals surface area contributed by atoms with Crippen molar-refractivity contribution in [1.82, 2.24) is 0 Å². The number of para-hydroxylation sites is 2. The van der Waals surface area contributed by atoms with E-state index >= 15 is 0 Å². The Morgan fingerprint density at radius 1 is 0.588 bits per heavy atom. The minimum Gasteiger partial charge on any atom is -0.422 e. The van der Waals surface area contributed by atoms with E-state index in [4.69, 9.17) is 9.47 Å². The van der Waals surface area contributed by atoms with Crippen molar-refractivity contribution in [2.45, 2.75) is 13.8 Å². The van der Waals surface area contributed by atoms with Crippen LogP contribution in [0.1, 0.15) is 45.7 Å². The zero-order valence-electron chi connectivity index (χ0n) is 19.0. The van der Waals surface area contributed by atoms with E-state index in [1.807, 2.05) is 86.7 Å². The van der Waals surface area contributed by atoms with E-state index in [1.165, 1.54) is 0 Å². The van der Waals surface area contributed by atoms with Crippen molar-refractivity contribution in [1.29, 1.82) is 0 Å². The minimum atomic E-state index is -0.466. The molecule has 4 nitrogen and oxygen atoms in total. The normalized spacial score (nSPS) is 11.2. The van der Waals surface area contributed by atoms with Gasteiger partial charge in [-0.3, -0.25) is 0 Å². The first-order valence-electron chi connectivity index (χ1n) is 11.0. The largest absolute Gasteiger partial charge is 0.422 e. The molecule has 0 aliphatic rings. The number of benzene rings is 4. The fourth-order valence-electron chi connectivity index (χ4n) is 3.60. The van der Waals surface area contributed by atoms with Gasteiger partial charge >= 0.3 is 11.9 Å². The highest BCUT2D eigenvalue weighted by atomic mass is 16.5. The van der Waals surface area contributed by atoms with Crippen molar-refractivity contribution >= 4 is 34.9 Å². The van der Waals surface area contributed by atoms with E-state index in [-0.39, 0.29) is 0 Å². The van der Waals surface area contributed by atoms with E-state index in [1.54, 1.807) is 36.4 Å². The number of allylic oxidation sites excluding steroid dienone is 2.